The van der Waals surface area contributed by atoms with Crippen LogP contribution >= 0.6 is 0 Å². The Morgan fingerprint density at radius 1 is 1.47 bits per heavy atom. The van der Waals surface area contributed by atoms with E-state index in [-0.39, 0.29) is 17.7 Å². The van der Waals surface area contributed by atoms with Crippen molar-refractivity contribution in [2.24, 2.45) is 10.9 Å². The molecule has 0 aliphatic carbocycles. The van der Waals surface area contributed by atoms with Crippen molar-refractivity contribution >= 4 is 16.8 Å². The topological polar surface area (TPSA) is 90.2 Å². The number of benzene rings is 1. The minimum atomic E-state index is -0.128. The zero-order valence-corrected chi connectivity index (χ0v) is 10.8. The highest BCUT2D eigenvalue weighted by Crippen LogP contribution is 2.33. The molecule has 19 heavy (non-hydrogen) atoms. The van der Waals surface area contributed by atoms with Gasteiger partial charge in [-0.25, -0.2) is 0 Å². The summed E-state index contributed by atoms with van der Waals surface area (Å²) >= 11 is 0. The quantitative estimate of drug-likeness (QED) is 0.373. The van der Waals surface area contributed by atoms with Gasteiger partial charge in [-0.15, -0.1) is 0 Å². The van der Waals surface area contributed by atoms with E-state index in [2.05, 4.69) is 5.16 Å². The minimum absolute atomic E-state index is 0.0752. The van der Waals surface area contributed by atoms with Crippen LogP contribution in [0.2, 0.25) is 0 Å². The van der Waals surface area contributed by atoms with Gasteiger partial charge in [-0.3, -0.25) is 0 Å². The monoisotopic (exact) mass is 264 g/mol. The molecule has 0 spiro atoms. The molecular weight excluding hydrogens is 248 g/mol. The van der Waals surface area contributed by atoms with Crippen LogP contribution in [0.4, 0.5) is 0 Å². The molecule has 1 aromatic carbocycles. The number of nitrogens with zero attached hydrogens (tertiary/aromatic N) is 1. The summed E-state index contributed by atoms with van der Waals surface area (Å²) in [6.45, 7) is 2.22. The molecule has 0 saturated heterocycles. The summed E-state index contributed by atoms with van der Waals surface area (Å²) in [6, 6.07) is 7.33. The first-order valence-electron chi connectivity index (χ1n) is 5.82. The average Bonchev–Trinajstić information content (AvgIpc) is 2.82. The van der Waals surface area contributed by atoms with Crippen molar-refractivity contribution < 1.29 is 19.1 Å². The molecule has 0 amide bonds. The Kier molecular flexibility index (Phi) is 3.91. The molecule has 2 aromatic rings. The number of hydrogen-bond acceptors (Lipinski definition) is 5. The number of ether oxygens (including phenoxy) is 2. The predicted octanol–water partition coefficient (Wildman–Crippen LogP) is 1.94. The fraction of sp³-hybridized carbons (Fsp3) is 0.308. The largest absolute Gasteiger partial charge is 0.486 e. The van der Waals surface area contributed by atoms with Crippen LogP contribution in [-0.2, 0) is 4.74 Å². The summed E-state index contributed by atoms with van der Waals surface area (Å²) in [5.41, 5.74) is 6.21. The molecule has 0 radical (unpaired) electrons. The Bertz CT molecular complexity index is 591. The van der Waals surface area contributed by atoms with Crippen LogP contribution in [-0.4, -0.2) is 30.9 Å². The van der Waals surface area contributed by atoms with Crippen LogP contribution < -0.4 is 10.5 Å². The number of hydrogen-bond donors (Lipinski definition) is 2. The van der Waals surface area contributed by atoms with Gasteiger partial charge >= 0.3 is 0 Å². The zero-order valence-electron chi connectivity index (χ0n) is 10.8. The van der Waals surface area contributed by atoms with Gasteiger partial charge in [-0.2, -0.15) is 0 Å². The number of oxime groups is 1. The highest BCUT2D eigenvalue weighted by molar-refractivity contribution is 6.03. The summed E-state index contributed by atoms with van der Waals surface area (Å²) in [6.07, 6.45) is -0.0752. The van der Waals surface area contributed by atoms with Gasteiger partial charge in [0.2, 0.25) is 11.6 Å². The molecule has 1 unspecified atom stereocenters. The smallest absolute Gasteiger partial charge is 0.215 e. The molecule has 3 N–H and O–H groups in total. The van der Waals surface area contributed by atoms with E-state index in [1.807, 2.05) is 25.1 Å². The second kappa shape index (κ2) is 5.62. The van der Waals surface area contributed by atoms with Crippen molar-refractivity contribution in [1.29, 1.82) is 0 Å². The first-order chi connectivity index (χ1) is 9.17. The maximum Gasteiger partial charge on any atom is 0.215 e. The molecule has 0 saturated carbocycles. The highest BCUT2D eigenvalue weighted by atomic mass is 16.5. The van der Waals surface area contributed by atoms with E-state index in [0.717, 1.165) is 5.39 Å². The lowest BCUT2D eigenvalue weighted by Gasteiger charge is -2.11. The Morgan fingerprint density at radius 2 is 2.21 bits per heavy atom. The van der Waals surface area contributed by atoms with E-state index in [9.17, 15) is 0 Å². The summed E-state index contributed by atoms with van der Waals surface area (Å²) < 4.78 is 16.3. The van der Waals surface area contributed by atoms with Gasteiger partial charge in [0.1, 0.15) is 12.2 Å². The number of furan rings is 1. The zero-order chi connectivity index (χ0) is 13.8. The molecular formula is C13H16N2O4. The first-order valence-corrected chi connectivity index (χ1v) is 5.82. The lowest BCUT2D eigenvalue weighted by atomic mass is 10.2. The van der Waals surface area contributed by atoms with Crippen LogP contribution in [0.5, 0.6) is 5.75 Å². The third-order valence-electron chi connectivity index (χ3n) is 2.76. The molecule has 6 nitrogen and oxygen atoms in total. The van der Waals surface area contributed by atoms with Gasteiger partial charge < -0.3 is 24.8 Å². The van der Waals surface area contributed by atoms with Crippen LogP contribution in [0.3, 0.4) is 0 Å². The summed E-state index contributed by atoms with van der Waals surface area (Å²) in [7, 11) is 1.60. The van der Waals surface area contributed by atoms with Gasteiger partial charge in [0.15, 0.2) is 5.75 Å². The Labute approximate surface area is 110 Å². The molecule has 6 heteroatoms. The Morgan fingerprint density at radius 3 is 2.89 bits per heavy atom. The van der Waals surface area contributed by atoms with E-state index in [1.165, 1.54) is 0 Å². The number of nitrogens with two attached hydrogens (primary N) is 1. The van der Waals surface area contributed by atoms with Crippen LogP contribution in [0, 0.1) is 0 Å². The van der Waals surface area contributed by atoms with E-state index in [0.29, 0.717) is 17.9 Å². The van der Waals surface area contributed by atoms with Crippen LogP contribution in [0.15, 0.2) is 33.8 Å². The van der Waals surface area contributed by atoms with Gasteiger partial charge in [0, 0.05) is 7.11 Å². The number of amidine groups is 1. The molecule has 1 atom stereocenters. The van der Waals surface area contributed by atoms with Gasteiger partial charge in [0.05, 0.1) is 11.5 Å². The van der Waals surface area contributed by atoms with Crippen molar-refractivity contribution in [1.82, 2.24) is 0 Å². The van der Waals surface area contributed by atoms with Crippen molar-refractivity contribution in [3.8, 4) is 5.75 Å². The number of para-hydroxylation sites is 1. The van der Waals surface area contributed by atoms with Gasteiger partial charge in [-0.1, -0.05) is 17.3 Å². The molecule has 0 bridgehead atoms. The van der Waals surface area contributed by atoms with Crippen molar-refractivity contribution in [3.63, 3.8) is 0 Å². The van der Waals surface area contributed by atoms with Crippen LogP contribution in [0.1, 0.15) is 12.7 Å². The normalized spacial score (nSPS) is 13.7. The summed E-state index contributed by atoms with van der Waals surface area (Å²) in [4.78, 5) is 0. The summed E-state index contributed by atoms with van der Waals surface area (Å²) in [5, 5.41) is 12.5. The second-order valence-corrected chi connectivity index (χ2v) is 4.10. The Hall–Kier alpha value is -2.21. The van der Waals surface area contributed by atoms with Crippen molar-refractivity contribution in [2.45, 2.75) is 13.0 Å². The molecule has 102 valence electrons. The minimum Gasteiger partial charge on any atom is -0.486 e. The highest BCUT2D eigenvalue weighted by Gasteiger charge is 2.19. The SMILES string of the molecule is COC(C)COc1c(/C(N)=N/O)oc2ccccc12. The first kappa shape index (κ1) is 13.2. The predicted molar refractivity (Wildman–Crippen MR) is 70.7 cm³/mol. The molecule has 2 rings (SSSR count). The fourth-order valence-electron chi connectivity index (χ4n) is 1.65. The number of rotatable bonds is 5. The third kappa shape index (κ3) is 2.63. The maximum atomic E-state index is 8.78. The third-order valence-corrected chi connectivity index (χ3v) is 2.76. The van der Waals surface area contributed by atoms with Crippen LogP contribution in [0.25, 0.3) is 11.0 Å². The van der Waals surface area contributed by atoms with Crippen molar-refractivity contribution in [3.05, 3.63) is 30.0 Å². The van der Waals surface area contributed by atoms with Gasteiger partial charge in [-0.05, 0) is 19.1 Å². The standard InChI is InChI=1S/C13H16N2O4/c1-8(17-2)7-18-11-9-5-3-4-6-10(9)19-12(11)13(14)15-16/h3-6,8,16H,7H2,1-2H3,(H2,14,15). The lowest BCUT2D eigenvalue weighted by molar-refractivity contribution is 0.0718. The van der Waals surface area contributed by atoms with E-state index < -0.39 is 0 Å². The summed E-state index contributed by atoms with van der Waals surface area (Å²) in [5.74, 6) is 0.540. The number of methoxy groups -OCH3 is 1. The second-order valence-electron chi connectivity index (χ2n) is 4.10. The van der Waals surface area contributed by atoms with E-state index in [1.54, 1.807) is 13.2 Å². The van der Waals surface area contributed by atoms with E-state index >= 15 is 0 Å². The Balaban J connectivity index is 2.42. The fourth-order valence-corrected chi connectivity index (χ4v) is 1.65. The van der Waals surface area contributed by atoms with E-state index in [4.69, 9.17) is 24.8 Å². The molecule has 0 fully saturated rings. The van der Waals surface area contributed by atoms with Crippen molar-refractivity contribution in [2.75, 3.05) is 13.7 Å². The molecule has 1 aromatic heterocycles. The maximum absolute atomic E-state index is 8.78. The average molecular weight is 264 g/mol. The van der Waals surface area contributed by atoms with Gasteiger partial charge in [0.25, 0.3) is 0 Å². The molecule has 1 heterocycles. The molecule has 0 aliphatic heterocycles. The lowest BCUT2D eigenvalue weighted by Crippen LogP contribution is -2.18. The number of fused-ring (bicyclic) bond motifs is 1. The molecule has 0 aliphatic rings.